The average molecular weight is 291 g/mol. The molecule has 0 aliphatic rings. The Hall–Kier alpha value is -3.13. The third-order valence-electron chi connectivity index (χ3n) is 3.34. The molecule has 0 saturated heterocycles. The van der Waals surface area contributed by atoms with Gasteiger partial charge in [0.1, 0.15) is 23.7 Å². The van der Waals surface area contributed by atoms with Gasteiger partial charge in [-0.2, -0.15) is 5.26 Å². The summed E-state index contributed by atoms with van der Waals surface area (Å²) in [7, 11) is 0. The number of rotatable bonds is 4. The molecule has 0 unspecified atom stereocenters. The van der Waals surface area contributed by atoms with E-state index in [0.717, 1.165) is 16.3 Å². The van der Waals surface area contributed by atoms with Crippen molar-refractivity contribution in [1.82, 2.24) is 9.97 Å². The molecule has 22 heavy (non-hydrogen) atoms. The average Bonchev–Trinajstić information content (AvgIpc) is 2.55. The van der Waals surface area contributed by atoms with E-state index in [9.17, 15) is 5.11 Å². The summed E-state index contributed by atoms with van der Waals surface area (Å²) in [5.74, 6) is 0.510. The van der Waals surface area contributed by atoms with Crippen molar-refractivity contribution in [2.75, 3.05) is 6.61 Å². The molecule has 1 aromatic heterocycles. The van der Waals surface area contributed by atoms with Crippen LogP contribution in [0.25, 0.3) is 10.8 Å². The van der Waals surface area contributed by atoms with Gasteiger partial charge in [-0.3, -0.25) is 0 Å². The Morgan fingerprint density at radius 1 is 1.23 bits per heavy atom. The van der Waals surface area contributed by atoms with Crippen LogP contribution in [0.5, 0.6) is 11.6 Å². The zero-order chi connectivity index (χ0) is 15.4. The van der Waals surface area contributed by atoms with Gasteiger partial charge in [0.2, 0.25) is 5.88 Å². The van der Waals surface area contributed by atoms with Crippen LogP contribution in [-0.4, -0.2) is 21.7 Å². The van der Waals surface area contributed by atoms with Crippen LogP contribution in [-0.2, 0) is 6.42 Å². The van der Waals surface area contributed by atoms with Crippen LogP contribution in [0.2, 0.25) is 0 Å². The molecule has 1 N–H and O–H groups in total. The molecule has 0 saturated carbocycles. The van der Waals surface area contributed by atoms with Crippen molar-refractivity contribution in [3.63, 3.8) is 0 Å². The Labute approximate surface area is 127 Å². The molecular weight excluding hydrogens is 278 g/mol. The Kier molecular flexibility index (Phi) is 3.84. The number of ether oxygens (including phenoxy) is 1. The summed E-state index contributed by atoms with van der Waals surface area (Å²) in [6.07, 6.45) is 3.37. The van der Waals surface area contributed by atoms with Gasteiger partial charge >= 0.3 is 0 Å². The number of nitriles is 1. The van der Waals surface area contributed by atoms with Crippen LogP contribution < -0.4 is 4.74 Å². The zero-order valence-corrected chi connectivity index (χ0v) is 11.7. The van der Waals surface area contributed by atoms with Gasteiger partial charge in [-0.15, -0.1) is 0 Å². The lowest BCUT2D eigenvalue weighted by molar-refractivity contribution is 0.308. The van der Waals surface area contributed by atoms with E-state index in [1.165, 1.54) is 12.5 Å². The minimum absolute atomic E-state index is 0.230. The molecule has 3 rings (SSSR count). The Bertz CT molecular complexity index is 856. The van der Waals surface area contributed by atoms with Crippen molar-refractivity contribution < 1.29 is 9.84 Å². The minimum Gasteiger partial charge on any atom is -0.508 e. The zero-order valence-electron chi connectivity index (χ0n) is 11.7. The van der Waals surface area contributed by atoms with E-state index in [1.54, 1.807) is 12.1 Å². The van der Waals surface area contributed by atoms with Crippen LogP contribution in [0.1, 0.15) is 11.1 Å². The first-order valence-electron chi connectivity index (χ1n) is 6.81. The topological polar surface area (TPSA) is 79.0 Å². The van der Waals surface area contributed by atoms with Crippen molar-refractivity contribution in [3.05, 3.63) is 60.0 Å². The third-order valence-corrected chi connectivity index (χ3v) is 3.34. The summed E-state index contributed by atoms with van der Waals surface area (Å²) < 4.78 is 5.57. The Morgan fingerprint density at radius 2 is 2.09 bits per heavy atom. The van der Waals surface area contributed by atoms with Crippen molar-refractivity contribution in [2.24, 2.45) is 0 Å². The van der Waals surface area contributed by atoms with Crippen molar-refractivity contribution >= 4 is 10.8 Å². The van der Waals surface area contributed by atoms with Gasteiger partial charge in [-0.25, -0.2) is 9.97 Å². The molecule has 5 heteroatoms. The molecule has 0 spiro atoms. The molecule has 2 aromatic carbocycles. The fourth-order valence-electron chi connectivity index (χ4n) is 2.35. The van der Waals surface area contributed by atoms with Crippen LogP contribution in [0.15, 0.2) is 48.9 Å². The summed E-state index contributed by atoms with van der Waals surface area (Å²) in [5, 5.41) is 20.8. The molecule has 0 fully saturated rings. The van der Waals surface area contributed by atoms with Crippen molar-refractivity contribution in [1.29, 1.82) is 5.26 Å². The Morgan fingerprint density at radius 3 is 2.95 bits per heavy atom. The molecule has 1 heterocycles. The molecule has 0 radical (unpaired) electrons. The van der Waals surface area contributed by atoms with Gasteiger partial charge in [0.05, 0.1) is 12.8 Å². The molecular formula is C17H13N3O2. The number of aromatic nitrogens is 2. The maximum Gasteiger partial charge on any atom is 0.234 e. The third kappa shape index (κ3) is 2.81. The smallest absolute Gasteiger partial charge is 0.234 e. The molecule has 0 bridgehead atoms. The number of benzene rings is 2. The summed E-state index contributed by atoms with van der Waals surface area (Å²) in [4.78, 5) is 7.74. The quantitative estimate of drug-likeness (QED) is 0.799. The summed E-state index contributed by atoms with van der Waals surface area (Å²) in [6.45, 7) is 0.360. The number of hydrogen-bond donors (Lipinski definition) is 1. The fourth-order valence-corrected chi connectivity index (χ4v) is 2.35. The maximum atomic E-state index is 9.81. The second-order valence-electron chi connectivity index (χ2n) is 4.78. The van der Waals surface area contributed by atoms with Gasteiger partial charge in [-0.1, -0.05) is 24.3 Å². The highest BCUT2D eigenvalue weighted by atomic mass is 16.5. The minimum atomic E-state index is 0.230. The summed E-state index contributed by atoms with van der Waals surface area (Å²) in [6, 6.07) is 13.3. The van der Waals surface area contributed by atoms with Crippen molar-refractivity contribution in [3.8, 4) is 17.7 Å². The van der Waals surface area contributed by atoms with Gasteiger partial charge in [-0.05, 0) is 28.5 Å². The van der Waals surface area contributed by atoms with E-state index in [1.807, 2.05) is 30.3 Å². The number of phenolic OH excluding ortho intramolecular Hbond substituents is 1. The fraction of sp³-hybridized carbons (Fsp3) is 0.118. The lowest BCUT2D eigenvalue weighted by Gasteiger charge is -2.09. The van der Waals surface area contributed by atoms with E-state index in [4.69, 9.17) is 10.00 Å². The lowest BCUT2D eigenvalue weighted by Crippen LogP contribution is -2.05. The summed E-state index contributed by atoms with van der Waals surface area (Å²) in [5.41, 5.74) is 1.30. The first kappa shape index (κ1) is 13.8. The van der Waals surface area contributed by atoms with Gasteiger partial charge < -0.3 is 9.84 Å². The molecule has 5 nitrogen and oxygen atoms in total. The highest BCUT2D eigenvalue weighted by Crippen LogP contribution is 2.25. The molecule has 108 valence electrons. The normalized spacial score (nSPS) is 10.3. The van der Waals surface area contributed by atoms with Crippen LogP contribution >= 0.6 is 0 Å². The van der Waals surface area contributed by atoms with Crippen molar-refractivity contribution in [2.45, 2.75) is 6.42 Å². The number of aromatic hydroxyl groups is 1. The number of phenols is 1. The first-order chi connectivity index (χ1) is 10.8. The summed E-state index contributed by atoms with van der Waals surface area (Å²) >= 11 is 0. The molecule has 0 aliphatic heterocycles. The van der Waals surface area contributed by atoms with E-state index < -0.39 is 0 Å². The van der Waals surface area contributed by atoms with E-state index in [0.29, 0.717) is 18.6 Å². The highest BCUT2D eigenvalue weighted by Gasteiger charge is 2.07. The van der Waals surface area contributed by atoms with E-state index in [-0.39, 0.29) is 11.6 Å². The predicted octanol–water partition coefficient (Wildman–Crippen LogP) is 2.83. The number of hydrogen-bond acceptors (Lipinski definition) is 5. The molecule has 0 amide bonds. The monoisotopic (exact) mass is 291 g/mol. The molecule has 3 aromatic rings. The van der Waals surface area contributed by atoms with Crippen LogP contribution in [0.3, 0.4) is 0 Å². The number of fused-ring (bicyclic) bond motifs is 1. The van der Waals surface area contributed by atoms with Gasteiger partial charge in [0.15, 0.2) is 0 Å². The SMILES string of the molecule is N#Cc1cncnc1OCCc1cc(O)cc2ccccc12. The second-order valence-corrected chi connectivity index (χ2v) is 4.78. The van der Waals surface area contributed by atoms with E-state index in [2.05, 4.69) is 9.97 Å². The van der Waals surface area contributed by atoms with Gasteiger partial charge in [0, 0.05) is 6.42 Å². The van der Waals surface area contributed by atoms with E-state index >= 15 is 0 Å². The predicted molar refractivity (Wildman–Crippen MR) is 81.6 cm³/mol. The molecule has 0 atom stereocenters. The standard InChI is InChI=1S/C17H13N3O2/c18-9-14-10-19-11-20-17(14)22-6-5-13-8-15(21)7-12-3-1-2-4-16(12)13/h1-4,7-8,10-11,21H,5-6H2. The lowest BCUT2D eigenvalue weighted by atomic mass is 10.0. The first-order valence-corrected chi connectivity index (χ1v) is 6.81. The molecule has 0 aliphatic carbocycles. The van der Waals surface area contributed by atoms with Crippen LogP contribution in [0, 0.1) is 11.3 Å². The Balaban J connectivity index is 1.79. The largest absolute Gasteiger partial charge is 0.508 e. The highest BCUT2D eigenvalue weighted by molar-refractivity contribution is 5.87. The maximum absolute atomic E-state index is 9.81. The number of nitrogens with zero attached hydrogens (tertiary/aromatic N) is 3. The van der Waals surface area contributed by atoms with Gasteiger partial charge in [0.25, 0.3) is 0 Å². The second kappa shape index (κ2) is 6.10. The van der Waals surface area contributed by atoms with Crippen LogP contribution in [0.4, 0.5) is 0 Å².